The molecule has 0 amide bonds. The SMILES string of the molecule is NNC(Cc1cc(F)ccc1Br)CC1CC1. The number of hydrazine groups is 1. The highest BCUT2D eigenvalue weighted by Crippen LogP contribution is 2.34. The lowest BCUT2D eigenvalue weighted by molar-refractivity contribution is 0.464. The van der Waals surface area contributed by atoms with E-state index in [1.807, 2.05) is 0 Å². The molecule has 0 spiro atoms. The highest BCUT2D eigenvalue weighted by atomic mass is 79.9. The third-order valence-corrected chi connectivity index (χ3v) is 3.80. The molecule has 16 heavy (non-hydrogen) atoms. The molecule has 0 heterocycles. The van der Waals surface area contributed by atoms with E-state index >= 15 is 0 Å². The summed E-state index contributed by atoms with van der Waals surface area (Å²) in [7, 11) is 0. The summed E-state index contributed by atoms with van der Waals surface area (Å²) in [6, 6.07) is 5.02. The van der Waals surface area contributed by atoms with Gasteiger partial charge in [-0.05, 0) is 42.5 Å². The molecule has 1 aliphatic rings. The summed E-state index contributed by atoms with van der Waals surface area (Å²) in [6.07, 6.45) is 4.47. The van der Waals surface area contributed by atoms with Gasteiger partial charge in [0.15, 0.2) is 0 Å². The van der Waals surface area contributed by atoms with E-state index in [-0.39, 0.29) is 11.9 Å². The van der Waals surface area contributed by atoms with Crippen LogP contribution >= 0.6 is 15.9 Å². The molecule has 2 nitrogen and oxygen atoms in total. The molecule has 1 aromatic carbocycles. The number of nitrogens with two attached hydrogens (primary N) is 1. The lowest BCUT2D eigenvalue weighted by Crippen LogP contribution is -2.37. The minimum Gasteiger partial charge on any atom is -0.271 e. The van der Waals surface area contributed by atoms with E-state index in [9.17, 15) is 4.39 Å². The second kappa shape index (κ2) is 5.25. The lowest BCUT2D eigenvalue weighted by atomic mass is 10.0. The molecule has 88 valence electrons. The van der Waals surface area contributed by atoms with Gasteiger partial charge in [-0.15, -0.1) is 0 Å². The summed E-state index contributed by atoms with van der Waals surface area (Å²) in [4.78, 5) is 0. The average Bonchev–Trinajstić information content (AvgIpc) is 3.06. The highest BCUT2D eigenvalue weighted by Gasteiger charge is 2.25. The van der Waals surface area contributed by atoms with Crippen molar-refractivity contribution in [1.82, 2.24) is 5.43 Å². The first-order valence-corrected chi connectivity index (χ1v) is 6.38. The van der Waals surface area contributed by atoms with Crippen molar-refractivity contribution < 1.29 is 4.39 Å². The molecule has 1 fully saturated rings. The van der Waals surface area contributed by atoms with Gasteiger partial charge >= 0.3 is 0 Å². The number of hydrogen-bond acceptors (Lipinski definition) is 2. The number of rotatable bonds is 5. The predicted molar refractivity (Wildman–Crippen MR) is 66.3 cm³/mol. The maximum absolute atomic E-state index is 13.1. The Hall–Kier alpha value is -0.450. The minimum absolute atomic E-state index is 0.194. The Morgan fingerprint density at radius 1 is 1.50 bits per heavy atom. The zero-order valence-electron chi connectivity index (χ0n) is 9.05. The average molecular weight is 287 g/mol. The van der Waals surface area contributed by atoms with Gasteiger partial charge in [0.25, 0.3) is 0 Å². The van der Waals surface area contributed by atoms with E-state index < -0.39 is 0 Å². The fourth-order valence-corrected chi connectivity index (χ4v) is 2.34. The van der Waals surface area contributed by atoms with Gasteiger partial charge in [0.1, 0.15) is 5.82 Å². The maximum Gasteiger partial charge on any atom is 0.123 e. The Labute approximate surface area is 104 Å². The van der Waals surface area contributed by atoms with Crippen LogP contribution in [-0.4, -0.2) is 6.04 Å². The molecule has 0 saturated heterocycles. The van der Waals surface area contributed by atoms with Crippen LogP contribution in [0.3, 0.4) is 0 Å². The van der Waals surface area contributed by atoms with E-state index in [0.717, 1.165) is 28.8 Å². The van der Waals surface area contributed by atoms with Crippen molar-refractivity contribution in [2.24, 2.45) is 11.8 Å². The summed E-state index contributed by atoms with van der Waals surface area (Å²) in [5.41, 5.74) is 3.80. The molecule has 1 aliphatic carbocycles. The Balaban J connectivity index is 2.01. The summed E-state index contributed by atoms with van der Waals surface area (Å²) in [6.45, 7) is 0. The number of halogens is 2. The van der Waals surface area contributed by atoms with Gasteiger partial charge in [-0.3, -0.25) is 11.3 Å². The summed E-state index contributed by atoms with van der Waals surface area (Å²) < 4.78 is 14.1. The van der Waals surface area contributed by atoms with Crippen molar-refractivity contribution in [3.8, 4) is 0 Å². The largest absolute Gasteiger partial charge is 0.271 e. The number of nitrogens with one attached hydrogen (secondary N) is 1. The van der Waals surface area contributed by atoms with Gasteiger partial charge in [-0.2, -0.15) is 0 Å². The van der Waals surface area contributed by atoms with Crippen LogP contribution in [0.25, 0.3) is 0 Å². The second-order valence-electron chi connectivity index (χ2n) is 4.48. The van der Waals surface area contributed by atoms with Crippen LogP contribution in [0.4, 0.5) is 4.39 Å². The predicted octanol–water partition coefficient (Wildman–Crippen LogP) is 2.76. The van der Waals surface area contributed by atoms with Gasteiger partial charge in [0, 0.05) is 10.5 Å². The van der Waals surface area contributed by atoms with Crippen LogP contribution in [0.15, 0.2) is 22.7 Å². The van der Waals surface area contributed by atoms with Gasteiger partial charge in [-0.1, -0.05) is 28.8 Å². The molecule has 2 rings (SSSR count). The zero-order valence-corrected chi connectivity index (χ0v) is 10.6. The fraction of sp³-hybridized carbons (Fsp3) is 0.500. The van der Waals surface area contributed by atoms with Crippen molar-refractivity contribution in [3.05, 3.63) is 34.1 Å². The normalized spacial score (nSPS) is 17.4. The van der Waals surface area contributed by atoms with Crippen LogP contribution in [-0.2, 0) is 6.42 Å². The van der Waals surface area contributed by atoms with Crippen molar-refractivity contribution in [2.45, 2.75) is 31.7 Å². The van der Waals surface area contributed by atoms with Crippen LogP contribution in [0.5, 0.6) is 0 Å². The van der Waals surface area contributed by atoms with Gasteiger partial charge in [-0.25, -0.2) is 4.39 Å². The monoisotopic (exact) mass is 286 g/mol. The van der Waals surface area contributed by atoms with E-state index in [1.165, 1.54) is 18.9 Å². The molecule has 1 unspecified atom stereocenters. The Bertz CT molecular complexity index is 366. The highest BCUT2D eigenvalue weighted by molar-refractivity contribution is 9.10. The molecule has 1 saturated carbocycles. The third kappa shape index (κ3) is 3.27. The standard InChI is InChI=1S/C12H16BrFN2/c13-12-4-3-10(14)6-9(12)7-11(16-15)5-8-1-2-8/h3-4,6,8,11,16H,1-2,5,7,15H2. The van der Waals surface area contributed by atoms with Crippen molar-refractivity contribution in [3.63, 3.8) is 0 Å². The Kier molecular flexibility index (Phi) is 3.95. The van der Waals surface area contributed by atoms with E-state index in [1.54, 1.807) is 12.1 Å². The van der Waals surface area contributed by atoms with Gasteiger partial charge in [0.05, 0.1) is 0 Å². The molecule has 0 bridgehead atoms. The molecule has 1 atom stereocenters. The quantitative estimate of drug-likeness (QED) is 0.645. The van der Waals surface area contributed by atoms with Crippen LogP contribution in [0, 0.1) is 11.7 Å². The third-order valence-electron chi connectivity index (χ3n) is 3.02. The zero-order chi connectivity index (χ0) is 11.5. The maximum atomic E-state index is 13.1. The Morgan fingerprint density at radius 2 is 2.25 bits per heavy atom. The molecular weight excluding hydrogens is 271 g/mol. The molecule has 0 radical (unpaired) electrons. The lowest BCUT2D eigenvalue weighted by Gasteiger charge is -2.16. The van der Waals surface area contributed by atoms with Crippen molar-refractivity contribution in [2.75, 3.05) is 0 Å². The van der Waals surface area contributed by atoms with Gasteiger partial charge < -0.3 is 0 Å². The smallest absolute Gasteiger partial charge is 0.123 e. The summed E-state index contributed by atoms with van der Waals surface area (Å²) in [5.74, 6) is 6.14. The van der Waals surface area contributed by atoms with Gasteiger partial charge in [0.2, 0.25) is 0 Å². The molecule has 3 N–H and O–H groups in total. The van der Waals surface area contributed by atoms with Crippen molar-refractivity contribution >= 4 is 15.9 Å². The molecular formula is C12H16BrFN2. The summed E-state index contributed by atoms with van der Waals surface area (Å²) >= 11 is 3.43. The van der Waals surface area contributed by atoms with E-state index in [2.05, 4.69) is 21.4 Å². The minimum atomic E-state index is -0.194. The first-order chi connectivity index (χ1) is 7.69. The van der Waals surface area contributed by atoms with Crippen LogP contribution < -0.4 is 11.3 Å². The molecule has 0 aromatic heterocycles. The van der Waals surface area contributed by atoms with Crippen LogP contribution in [0.2, 0.25) is 0 Å². The first kappa shape index (κ1) is 12.0. The molecule has 4 heteroatoms. The first-order valence-electron chi connectivity index (χ1n) is 5.59. The number of hydrogen-bond donors (Lipinski definition) is 2. The van der Waals surface area contributed by atoms with Crippen molar-refractivity contribution in [1.29, 1.82) is 0 Å². The second-order valence-corrected chi connectivity index (χ2v) is 5.34. The van der Waals surface area contributed by atoms with E-state index in [0.29, 0.717) is 0 Å². The molecule has 0 aliphatic heterocycles. The van der Waals surface area contributed by atoms with Crippen LogP contribution in [0.1, 0.15) is 24.8 Å². The Morgan fingerprint density at radius 3 is 2.88 bits per heavy atom. The topological polar surface area (TPSA) is 38.0 Å². The molecule has 1 aromatic rings. The summed E-state index contributed by atoms with van der Waals surface area (Å²) in [5, 5.41) is 0. The number of benzene rings is 1. The fourth-order valence-electron chi connectivity index (χ4n) is 1.93. The van der Waals surface area contributed by atoms with E-state index in [4.69, 9.17) is 5.84 Å².